The maximum absolute atomic E-state index is 12.6. The van der Waals surface area contributed by atoms with Crippen molar-refractivity contribution in [1.82, 2.24) is 4.90 Å². The van der Waals surface area contributed by atoms with Crippen molar-refractivity contribution in [2.45, 2.75) is 38.6 Å². The van der Waals surface area contributed by atoms with Gasteiger partial charge in [-0.2, -0.15) is 0 Å². The van der Waals surface area contributed by atoms with E-state index < -0.39 is 27.6 Å². The van der Waals surface area contributed by atoms with E-state index in [-0.39, 0.29) is 29.4 Å². The Morgan fingerprint density at radius 3 is 2.33 bits per heavy atom. The van der Waals surface area contributed by atoms with Gasteiger partial charge in [0.25, 0.3) is 0 Å². The number of carbonyl (C=O) groups is 2. The van der Waals surface area contributed by atoms with Gasteiger partial charge >= 0.3 is 5.97 Å². The van der Waals surface area contributed by atoms with Crippen LogP contribution in [-0.4, -0.2) is 54.9 Å². The van der Waals surface area contributed by atoms with E-state index in [2.05, 4.69) is 0 Å². The average molecular weight is 317 g/mol. The minimum absolute atomic E-state index is 0.00307. The van der Waals surface area contributed by atoms with Gasteiger partial charge in [-0.15, -0.1) is 0 Å². The third-order valence-corrected chi connectivity index (χ3v) is 6.73. The summed E-state index contributed by atoms with van der Waals surface area (Å²) < 4.78 is 23.1. The van der Waals surface area contributed by atoms with Crippen LogP contribution >= 0.6 is 0 Å². The van der Waals surface area contributed by atoms with E-state index in [1.54, 1.807) is 7.05 Å². The lowest BCUT2D eigenvalue weighted by Crippen LogP contribution is -2.43. The number of sulfone groups is 1. The Hall–Kier alpha value is -1.11. The van der Waals surface area contributed by atoms with Crippen LogP contribution in [-0.2, 0) is 19.4 Å². The Labute approximate surface area is 125 Å². The zero-order chi connectivity index (χ0) is 15.8. The molecule has 2 fully saturated rings. The number of carboxylic acid groups (broad SMARTS) is 1. The van der Waals surface area contributed by atoms with Crippen LogP contribution in [0.25, 0.3) is 0 Å². The minimum Gasteiger partial charge on any atom is -0.481 e. The number of carbonyl (C=O) groups excluding carboxylic acids is 1. The largest absolute Gasteiger partial charge is 0.481 e. The fourth-order valence-corrected chi connectivity index (χ4v) is 5.32. The van der Waals surface area contributed by atoms with Gasteiger partial charge in [0.1, 0.15) is 0 Å². The fourth-order valence-electron chi connectivity index (χ4n) is 3.54. The number of hydrogen-bond donors (Lipinski definition) is 1. The summed E-state index contributed by atoms with van der Waals surface area (Å²) in [7, 11) is -1.45. The molecule has 4 unspecified atom stereocenters. The molecule has 0 aromatic rings. The second kappa shape index (κ2) is 5.94. The third kappa shape index (κ3) is 3.39. The smallest absolute Gasteiger partial charge is 0.307 e. The van der Waals surface area contributed by atoms with E-state index in [0.29, 0.717) is 19.3 Å². The van der Waals surface area contributed by atoms with Crippen LogP contribution in [0.5, 0.6) is 0 Å². The molecule has 1 saturated heterocycles. The second-order valence-corrected chi connectivity index (χ2v) is 8.53. The summed E-state index contributed by atoms with van der Waals surface area (Å²) >= 11 is 0. The molecule has 4 atom stereocenters. The predicted octanol–water partition coefficient (Wildman–Crippen LogP) is 0.769. The van der Waals surface area contributed by atoms with Crippen LogP contribution in [0.3, 0.4) is 0 Å². The average Bonchev–Trinajstić information content (AvgIpc) is 3.00. The fraction of sp³-hybridized carbons (Fsp3) is 0.857. The first-order valence-electron chi connectivity index (χ1n) is 7.45. The Bertz CT molecular complexity index is 529. The van der Waals surface area contributed by atoms with E-state index in [1.807, 2.05) is 6.92 Å². The molecule has 0 aromatic heterocycles. The summed E-state index contributed by atoms with van der Waals surface area (Å²) in [5.41, 5.74) is 0. The van der Waals surface area contributed by atoms with Crippen LogP contribution in [0.1, 0.15) is 32.6 Å². The molecule has 120 valence electrons. The van der Waals surface area contributed by atoms with Crippen molar-refractivity contribution in [2.75, 3.05) is 18.6 Å². The van der Waals surface area contributed by atoms with Gasteiger partial charge in [-0.3, -0.25) is 9.59 Å². The molecule has 1 aliphatic carbocycles. The molecule has 1 N–H and O–H groups in total. The van der Waals surface area contributed by atoms with Crippen molar-refractivity contribution < 1.29 is 23.1 Å². The molecule has 0 bridgehead atoms. The molecule has 0 aromatic carbocycles. The Balaban J connectivity index is 2.09. The van der Waals surface area contributed by atoms with Crippen LogP contribution < -0.4 is 0 Å². The van der Waals surface area contributed by atoms with E-state index in [4.69, 9.17) is 0 Å². The van der Waals surface area contributed by atoms with Crippen molar-refractivity contribution in [3.05, 3.63) is 0 Å². The van der Waals surface area contributed by atoms with Gasteiger partial charge < -0.3 is 10.0 Å². The Morgan fingerprint density at radius 1 is 1.24 bits per heavy atom. The predicted molar refractivity (Wildman–Crippen MR) is 77.5 cm³/mol. The summed E-state index contributed by atoms with van der Waals surface area (Å²) in [6, 6.07) is -0.308. The molecule has 1 heterocycles. The van der Waals surface area contributed by atoms with Crippen molar-refractivity contribution in [1.29, 1.82) is 0 Å². The number of amides is 1. The van der Waals surface area contributed by atoms with E-state index in [0.717, 1.165) is 6.42 Å². The van der Waals surface area contributed by atoms with Gasteiger partial charge in [-0.1, -0.05) is 13.3 Å². The number of hydrogen-bond acceptors (Lipinski definition) is 4. The van der Waals surface area contributed by atoms with Gasteiger partial charge in [0.05, 0.1) is 23.3 Å². The standard InChI is InChI=1S/C14H23NO5S/c1-3-9-6-11(12(7-9)14(17)18)13(16)15(2)10-4-5-21(19,20)8-10/h9-12H,3-8H2,1-2H3,(H,17,18). The highest BCUT2D eigenvalue weighted by Gasteiger charge is 2.45. The van der Waals surface area contributed by atoms with Gasteiger partial charge in [-0.25, -0.2) is 8.42 Å². The molecule has 1 saturated carbocycles. The molecule has 0 radical (unpaired) electrons. The first-order chi connectivity index (χ1) is 9.75. The summed E-state index contributed by atoms with van der Waals surface area (Å²) in [4.78, 5) is 25.4. The summed E-state index contributed by atoms with van der Waals surface area (Å²) in [6.07, 6.45) is 2.45. The SMILES string of the molecule is CCC1CC(C(=O)O)C(C(=O)N(C)C2CCS(=O)(=O)C2)C1. The van der Waals surface area contributed by atoms with Gasteiger partial charge in [0.15, 0.2) is 9.84 Å². The monoisotopic (exact) mass is 317 g/mol. The summed E-state index contributed by atoms with van der Waals surface area (Å²) in [5, 5.41) is 9.31. The van der Waals surface area contributed by atoms with Crippen molar-refractivity contribution in [3.8, 4) is 0 Å². The topological polar surface area (TPSA) is 91.8 Å². The van der Waals surface area contributed by atoms with Crippen molar-refractivity contribution in [3.63, 3.8) is 0 Å². The van der Waals surface area contributed by atoms with Crippen molar-refractivity contribution >= 4 is 21.7 Å². The maximum Gasteiger partial charge on any atom is 0.307 e. The first-order valence-corrected chi connectivity index (χ1v) is 9.27. The second-order valence-electron chi connectivity index (χ2n) is 6.30. The van der Waals surface area contributed by atoms with Crippen LogP contribution in [0.4, 0.5) is 0 Å². The molecule has 2 rings (SSSR count). The van der Waals surface area contributed by atoms with Crippen LogP contribution in [0, 0.1) is 17.8 Å². The lowest BCUT2D eigenvalue weighted by molar-refractivity contribution is -0.149. The molecule has 7 heteroatoms. The normalized spacial score (nSPS) is 34.8. The molecule has 6 nitrogen and oxygen atoms in total. The van der Waals surface area contributed by atoms with Crippen molar-refractivity contribution in [2.24, 2.45) is 17.8 Å². The molecule has 1 aliphatic heterocycles. The zero-order valence-corrected chi connectivity index (χ0v) is 13.3. The van der Waals surface area contributed by atoms with Gasteiger partial charge in [-0.05, 0) is 25.2 Å². The first kappa shape index (κ1) is 16.3. The van der Waals surface area contributed by atoms with E-state index in [9.17, 15) is 23.1 Å². The molecule has 2 aliphatic rings. The van der Waals surface area contributed by atoms with Crippen LogP contribution in [0.15, 0.2) is 0 Å². The molecular formula is C14H23NO5S. The zero-order valence-electron chi connectivity index (χ0n) is 12.5. The number of rotatable bonds is 4. The lowest BCUT2D eigenvalue weighted by atomic mass is 9.94. The highest BCUT2D eigenvalue weighted by molar-refractivity contribution is 7.91. The molecular weight excluding hydrogens is 294 g/mol. The lowest BCUT2D eigenvalue weighted by Gasteiger charge is -2.28. The van der Waals surface area contributed by atoms with E-state index >= 15 is 0 Å². The summed E-state index contributed by atoms with van der Waals surface area (Å²) in [5.74, 6) is -1.90. The number of carboxylic acids is 1. The summed E-state index contributed by atoms with van der Waals surface area (Å²) in [6.45, 7) is 2.00. The highest BCUT2D eigenvalue weighted by atomic mass is 32.2. The number of aliphatic carboxylic acids is 1. The molecule has 1 amide bonds. The molecule has 0 spiro atoms. The van der Waals surface area contributed by atoms with E-state index in [1.165, 1.54) is 4.90 Å². The quantitative estimate of drug-likeness (QED) is 0.827. The Morgan fingerprint density at radius 2 is 1.86 bits per heavy atom. The van der Waals surface area contributed by atoms with Gasteiger partial charge in [0.2, 0.25) is 5.91 Å². The van der Waals surface area contributed by atoms with Gasteiger partial charge in [0, 0.05) is 13.1 Å². The number of nitrogens with zero attached hydrogens (tertiary/aromatic N) is 1. The third-order valence-electron chi connectivity index (χ3n) is 4.98. The highest BCUT2D eigenvalue weighted by Crippen LogP contribution is 2.39. The minimum atomic E-state index is -3.05. The molecule has 21 heavy (non-hydrogen) atoms. The Kier molecular flexibility index (Phi) is 4.60. The van der Waals surface area contributed by atoms with Crippen LogP contribution in [0.2, 0.25) is 0 Å². The maximum atomic E-state index is 12.6.